The van der Waals surface area contributed by atoms with Crippen LogP contribution in [0.3, 0.4) is 0 Å². The standard InChI is InChI=1S/C23H16N4O3/c1-29-19-14-8-7-13-18(19)21-24-22(30-26-21)20-16-11-5-6-12-17(16)23(28)27(25-20)15-9-3-2-4-10-15/h2-14H,1H3. The monoisotopic (exact) mass is 396 g/mol. The Labute approximate surface area is 171 Å². The molecule has 0 atom stereocenters. The van der Waals surface area contributed by atoms with Crippen LogP contribution in [-0.2, 0) is 0 Å². The maximum Gasteiger partial charge on any atom is 0.279 e. The van der Waals surface area contributed by atoms with Crippen LogP contribution in [0.2, 0.25) is 0 Å². The van der Waals surface area contributed by atoms with Gasteiger partial charge in [-0.05, 0) is 30.3 Å². The van der Waals surface area contributed by atoms with E-state index in [1.807, 2.05) is 72.8 Å². The largest absolute Gasteiger partial charge is 0.496 e. The highest BCUT2D eigenvalue weighted by Gasteiger charge is 2.20. The molecule has 0 aliphatic rings. The van der Waals surface area contributed by atoms with Crippen molar-refractivity contribution in [2.45, 2.75) is 0 Å². The van der Waals surface area contributed by atoms with Gasteiger partial charge in [-0.3, -0.25) is 4.79 Å². The molecule has 0 N–H and O–H groups in total. The van der Waals surface area contributed by atoms with Gasteiger partial charge in [0.1, 0.15) is 5.75 Å². The summed E-state index contributed by atoms with van der Waals surface area (Å²) in [5, 5.41) is 9.84. The zero-order valence-corrected chi connectivity index (χ0v) is 16.0. The fourth-order valence-corrected chi connectivity index (χ4v) is 3.35. The van der Waals surface area contributed by atoms with E-state index in [9.17, 15) is 4.79 Å². The highest BCUT2D eigenvalue weighted by molar-refractivity contribution is 5.92. The molecule has 0 aliphatic heterocycles. The van der Waals surface area contributed by atoms with Gasteiger partial charge in [-0.15, -0.1) is 0 Å². The maximum absolute atomic E-state index is 13.0. The molecule has 30 heavy (non-hydrogen) atoms. The Kier molecular flexibility index (Phi) is 4.33. The molecule has 0 amide bonds. The summed E-state index contributed by atoms with van der Waals surface area (Å²) in [4.78, 5) is 17.6. The zero-order chi connectivity index (χ0) is 20.5. The molecular weight excluding hydrogens is 380 g/mol. The summed E-state index contributed by atoms with van der Waals surface area (Å²) in [6.07, 6.45) is 0. The topological polar surface area (TPSA) is 83.0 Å². The van der Waals surface area contributed by atoms with Crippen molar-refractivity contribution in [2.75, 3.05) is 7.11 Å². The first-order chi connectivity index (χ1) is 14.8. The first-order valence-electron chi connectivity index (χ1n) is 9.31. The van der Waals surface area contributed by atoms with E-state index in [4.69, 9.17) is 9.26 Å². The zero-order valence-electron chi connectivity index (χ0n) is 16.0. The second-order valence-corrected chi connectivity index (χ2v) is 6.57. The number of ether oxygens (including phenoxy) is 1. The van der Waals surface area contributed by atoms with E-state index in [1.165, 1.54) is 4.68 Å². The number of methoxy groups -OCH3 is 1. The Morgan fingerprint density at radius 2 is 1.57 bits per heavy atom. The van der Waals surface area contributed by atoms with Crippen molar-refractivity contribution in [3.05, 3.63) is 89.2 Å². The van der Waals surface area contributed by atoms with E-state index in [0.717, 1.165) is 0 Å². The SMILES string of the molecule is COc1ccccc1-c1noc(-c2nn(-c3ccccc3)c(=O)c3ccccc23)n1. The van der Waals surface area contributed by atoms with Gasteiger partial charge in [0.15, 0.2) is 5.69 Å². The molecular formula is C23H16N4O3. The van der Waals surface area contributed by atoms with Crippen LogP contribution in [0.5, 0.6) is 5.75 Å². The molecule has 146 valence electrons. The summed E-state index contributed by atoms with van der Waals surface area (Å²) in [6.45, 7) is 0. The molecule has 7 heteroatoms. The van der Waals surface area contributed by atoms with Gasteiger partial charge in [0.25, 0.3) is 11.4 Å². The number of rotatable bonds is 4. The van der Waals surface area contributed by atoms with Crippen molar-refractivity contribution in [3.63, 3.8) is 0 Å². The highest BCUT2D eigenvalue weighted by atomic mass is 16.5. The number of fused-ring (bicyclic) bond motifs is 1. The van der Waals surface area contributed by atoms with Crippen molar-refractivity contribution in [2.24, 2.45) is 0 Å². The summed E-state index contributed by atoms with van der Waals surface area (Å²) in [5.41, 5.74) is 1.57. The lowest BCUT2D eigenvalue weighted by atomic mass is 10.1. The molecule has 0 unspecified atom stereocenters. The molecule has 0 spiro atoms. The molecule has 2 aromatic heterocycles. The van der Waals surface area contributed by atoms with Crippen LogP contribution in [0.15, 0.2) is 88.2 Å². The van der Waals surface area contributed by atoms with Gasteiger partial charge in [-0.2, -0.15) is 14.8 Å². The van der Waals surface area contributed by atoms with Crippen molar-refractivity contribution in [3.8, 4) is 34.4 Å². The lowest BCUT2D eigenvalue weighted by molar-refractivity contribution is 0.413. The molecule has 3 aromatic carbocycles. The Bertz CT molecular complexity index is 1410. The molecule has 0 aliphatic carbocycles. The van der Waals surface area contributed by atoms with Gasteiger partial charge >= 0.3 is 0 Å². The molecule has 0 radical (unpaired) electrons. The molecule has 2 heterocycles. The minimum atomic E-state index is -0.218. The average Bonchev–Trinajstić information content (AvgIpc) is 3.30. The normalized spacial score (nSPS) is 11.0. The number of hydrogen-bond donors (Lipinski definition) is 0. The quantitative estimate of drug-likeness (QED) is 0.455. The molecule has 0 fully saturated rings. The van der Waals surface area contributed by atoms with E-state index in [-0.39, 0.29) is 11.4 Å². The number of benzene rings is 3. The first-order valence-corrected chi connectivity index (χ1v) is 9.31. The molecule has 0 saturated heterocycles. The van der Waals surface area contributed by atoms with E-state index in [0.29, 0.717) is 39.3 Å². The minimum absolute atomic E-state index is 0.218. The molecule has 0 bridgehead atoms. The lowest BCUT2D eigenvalue weighted by Crippen LogP contribution is -2.22. The number of hydrogen-bond acceptors (Lipinski definition) is 6. The lowest BCUT2D eigenvalue weighted by Gasteiger charge is -2.08. The smallest absolute Gasteiger partial charge is 0.279 e. The van der Waals surface area contributed by atoms with Crippen molar-refractivity contribution in [1.29, 1.82) is 0 Å². The van der Waals surface area contributed by atoms with E-state index in [1.54, 1.807) is 13.2 Å². The Morgan fingerprint density at radius 3 is 2.37 bits per heavy atom. The molecule has 7 nitrogen and oxygen atoms in total. The first kappa shape index (κ1) is 17.8. The minimum Gasteiger partial charge on any atom is -0.496 e. The van der Waals surface area contributed by atoms with Crippen LogP contribution in [0, 0.1) is 0 Å². The van der Waals surface area contributed by atoms with Crippen LogP contribution < -0.4 is 10.3 Å². The van der Waals surface area contributed by atoms with Gasteiger partial charge in [-0.25, -0.2) is 0 Å². The Balaban J connectivity index is 1.73. The predicted octanol–water partition coefficient (Wildman–Crippen LogP) is 4.11. The highest BCUT2D eigenvalue weighted by Crippen LogP contribution is 2.30. The number of para-hydroxylation sites is 2. The van der Waals surface area contributed by atoms with Crippen LogP contribution in [0.1, 0.15) is 0 Å². The van der Waals surface area contributed by atoms with E-state index < -0.39 is 0 Å². The second-order valence-electron chi connectivity index (χ2n) is 6.57. The van der Waals surface area contributed by atoms with Gasteiger partial charge in [0, 0.05) is 5.39 Å². The summed E-state index contributed by atoms with van der Waals surface area (Å²) in [6, 6.07) is 23.9. The van der Waals surface area contributed by atoms with Crippen molar-refractivity contribution in [1.82, 2.24) is 19.9 Å². The fourth-order valence-electron chi connectivity index (χ4n) is 3.35. The summed E-state index contributed by atoms with van der Waals surface area (Å²) in [7, 11) is 1.59. The van der Waals surface area contributed by atoms with E-state index in [2.05, 4.69) is 15.2 Å². The van der Waals surface area contributed by atoms with Gasteiger partial charge in [0.05, 0.1) is 23.7 Å². The molecule has 5 aromatic rings. The van der Waals surface area contributed by atoms with Crippen LogP contribution in [-0.4, -0.2) is 27.0 Å². The summed E-state index contributed by atoms with van der Waals surface area (Å²) >= 11 is 0. The predicted molar refractivity (Wildman–Crippen MR) is 113 cm³/mol. The van der Waals surface area contributed by atoms with Gasteiger partial charge in [-0.1, -0.05) is 53.7 Å². The van der Waals surface area contributed by atoms with Crippen molar-refractivity contribution >= 4 is 10.8 Å². The van der Waals surface area contributed by atoms with Gasteiger partial charge in [0.2, 0.25) is 5.82 Å². The number of nitrogens with zero attached hydrogens (tertiary/aromatic N) is 4. The van der Waals surface area contributed by atoms with E-state index >= 15 is 0 Å². The van der Waals surface area contributed by atoms with Crippen LogP contribution in [0.4, 0.5) is 0 Å². The maximum atomic E-state index is 13.0. The summed E-state index contributed by atoms with van der Waals surface area (Å²) in [5.74, 6) is 1.24. The third-order valence-corrected chi connectivity index (χ3v) is 4.78. The molecule has 0 saturated carbocycles. The second kappa shape index (κ2) is 7.29. The van der Waals surface area contributed by atoms with Crippen molar-refractivity contribution < 1.29 is 9.26 Å². The van der Waals surface area contributed by atoms with Crippen LogP contribution >= 0.6 is 0 Å². The third kappa shape index (κ3) is 2.93. The average molecular weight is 396 g/mol. The number of aromatic nitrogens is 4. The Morgan fingerprint density at radius 1 is 0.867 bits per heavy atom. The summed E-state index contributed by atoms with van der Waals surface area (Å²) < 4.78 is 12.3. The fraction of sp³-hybridized carbons (Fsp3) is 0.0435. The Hall–Kier alpha value is -4.26. The third-order valence-electron chi connectivity index (χ3n) is 4.78. The molecule has 5 rings (SSSR count). The van der Waals surface area contributed by atoms with Gasteiger partial charge < -0.3 is 9.26 Å². The van der Waals surface area contributed by atoms with Crippen LogP contribution in [0.25, 0.3) is 39.4 Å².